The lowest BCUT2D eigenvalue weighted by atomic mass is 10.0. The number of hydrogen-bond donors (Lipinski definition) is 2. The predicted molar refractivity (Wildman–Crippen MR) is 161 cm³/mol. The first-order chi connectivity index (χ1) is 18.3. The van der Waals surface area contributed by atoms with Crippen molar-refractivity contribution in [2.45, 2.75) is 136 Å². The molecular weight excluding hydrogens is 476 g/mol. The summed E-state index contributed by atoms with van der Waals surface area (Å²) < 4.78 is 11.5. The third-order valence-electron chi connectivity index (χ3n) is 7.74. The molecule has 38 heavy (non-hydrogen) atoms. The van der Waals surface area contributed by atoms with Gasteiger partial charge in [-0.05, 0) is 51.1 Å². The van der Waals surface area contributed by atoms with Gasteiger partial charge in [-0.1, -0.05) is 91.9 Å². The summed E-state index contributed by atoms with van der Waals surface area (Å²) in [6, 6.07) is 0.349. The van der Waals surface area contributed by atoms with Crippen molar-refractivity contribution in [2.75, 3.05) is 59.2 Å². The molecular formula is C32H66N2O4. The first-order valence-electron chi connectivity index (χ1n) is 16.3. The fourth-order valence-electron chi connectivity index (χ4n) is 5.42. The normalized spacial score (nSPS) is 19.3. The van der Waals surface area contributed by atoms with Crippen LogP contribution in [0.2, 0.25) is 0 Å². The maximum atomic E-state index is 10.5. The minimum atomic E-state index is -0.441. The minimum Gasteiger partial charge on any atom is -0.389 e. The van der Waals surface area contributed by atoms with E-state index in [4.69, 9.17) is 9.47 Å². The van der Waals surface area contributed by atoms with Gasteiger partial charge in [-0.2, -0.15) is 0 Å². The number of ether oxygens (including phenoxy) is 2. The Labute approximate surface area is 236 Å². The molecule has 0 aromatic carbocycles. The third-order valence-corrected chi connectivity index (χ3v) is 7.74. The molecule has 1 fully saturated rings. The van der Waals surface area contributed by atoms with E-state index in [1.807, 2.05) is 0 Å². The molecule has 0 aromatic heterocycles. The number of rotatable bonds is 24. The van der Waals surface area contributed by atoms with Gasteiger partial charge in [0.05, 0.1) is 25.4 Å². The summed E-state index contributed by atoms with van der Waals surface area (Å²) in [4.78, 5) is 4.74. The van der Waals surface area contributed by atoms with Gasteiger partial charge in [0.1, 0.15) is 0 Å². The van der Waals surface area contributed by atoms with Crippen molar-refractivity contribution < 1.29 is 19.7 Å². The van der Waals surface area contributed by atoms with E-state index in [0.29, 0.717) is 32.3 Å². The summed E-state index contributed by atoms with van der Waals surface area (Å²) >= 11 is 0. The summed E-state index contributed by atoms with van der Waals surface area (Å²) in [6.07, 6.45) is 15.4. The number of aliphatic hydroxyl groups excluding tert-OH is 2. The molecule has 228 valence electrons. The highest BCUT2D eigenvalue weighted by atomic mass is 16.5. The van der Waals surface area contributed by atoms with Crippen LogP contribution in [0.25, 0.3) is 0 Å². The van der Waals surface area contributed by atoms with Gasteiger partial charge in [0.15, 0.2) is 0 Å². The first kappa shape index (κ1) is 35.8. The fourth-order valence-corrected chi connectivity index (χ4v) is 5.42. The van der Waals surface area contributed by atoms with Crippen LogP contribution in [0.3, 0.4) is 0 Å². The van der Waals surface area contributed by atoms with E-state index in [2.05, 4.69) is 44.4 Å². The summed E-state index contributed by atoms with van der Waals surface area (Å²) in [6.45, 7) is 18.0. The maximum Gasteiger partial charge on any atom is 0.0900 e. The van der Waals surface area contributed by atoms with Gasteiger partial charge >= 0.3 is 0 Å². The molecule has 1 heterocycles. The molecule has 0 radical (unpaired) electrons. The quantitative estimate of drug-likeness (QED) is 0.143. The zero-order valence-corrected chi connectivity index (χ0v) is 26.0. The van der Waals surface area contributed by atoms with Gasteiger partial charge in [0, 0.05) is 38.9 Å². The van der Waals surface area contributed by atoms with E-state index in [9.17, 15) is 10.2 Å². The van der Waals surface area contributed by atoms with Gasteiger partial charge in [0.2, 0.25) is 0 Å². The maximum absolute atomic E-state index is 10.5. The SMILES string of the molecule is CC(C)CCCCCCCOCC(O)CN1CCCN(CC(O)COCCCCCCCC(C)C)C(C)C1. The smallest absolute Gasteiger partial charge is 0.0900 e. The Bertz CT molecular complexity index is 520. The van der Waals surface area contributed by atoms with Crippen LogP contribution in [0.4, 0.5) is 0 Å². The van der Waals surface area contributed by atoms with Gasteiger partial charge in [-0.3, -0.25) is 9.80 Å². The average Bonchev–Trinajstić information content (AvgIpc) is 3.01. The van der Waals surface area contributed by atoms with Crippen LogP contribution in [-0.4, -0.2) is 97.4 Å². The highest BCUT2D eigenvalue weighted by molar-refractivity contribution is 4.80. The van der Waals surface area contributed by atoms with Crippen LogP contribution in [0.1, 0.15) is 118 Å². The predicted octanol–water partition coefficient (Wildman–Crippen LogP) is 6.13. The highest BCUT2D eigenvalue weighted by Gasteiger charge is 2.24. The summed E-state index contributed by atoms with van der Waals surface area (Å²) in [5.41, 5.74) is 0. The zero-order valence-electron chi connectivity index (χ0n) is 26.0. The van der Waals surface area contributed by atoms with Crippen LogP contribution < -0.4 is 0 Å². The Morgan fingerprint density at radius 3 is 1.66 bits per heavy atom. The molecule has 0 bridgehead atoms. The Kier molecular flexibility index (Phi) is 22.1. The molecule has 3 atom stereocenters. The van der Waals surface area contributed by atoms with Crippen LogP contribution in [0.15, 0.2) is 0 Å². The topological polar surface area (TPSA) is 65.4 Å². The van der Waals surface area contributed by atoms with E-state index < -0.39 is 12.2 Å². The fraction of sp³-hybridized carbons (Fsp3) is 1.00. The summed E-state index contributed by atoms with van der Waals surface area (Å²) in [7, 11) is 0. The van der Waals surface area contributed by atoms with Crippen molar-refractivity contribution in [1.29, 1.82) is 0 Å². The molecule has 6 heteroatoms. The molecule has 0 amide bonds. The van der Waals surface area contributed by atoms with Gasteiger partial charge in [-0.25, -0.2) is 0 Å². The lowest BCUT2D eigenvalue weighted by molar-refractivity contribution is 0.00436. The largest absolute Gasteiger partial charge is 0.389 e. The van der Waals surface area contributed by atoms with Crippen molar-refractivity contribution >= 4 is 0 Å². The molecule has 0 spiro atoms. The van der Waals surface area contributed by atoms with Crippen LogP contribution >= 0.6 is 0 Å². The van der Waals surface area contributed by atoms with Gasteiger partial charge < -0.3 is 19.7 Å². The molecule has 6 nitrogen and oxygen atoms in total. The molecule has 2 N–H and O–H groups in total. The lowest BCUT2D eigenvalue weighted by Crippen LogP contribution is -2.45. The van der Waals surface area contributed by atoms with Crippen LogP contribution in [-0.2, 0) is 9.47 Å². The molecule has 0 aromatic rings. The van der Waals surface area contributed by atoms with Crippen LogP contribution in [0.5, 0.6) is 0 Å². The second kappa shape index (κ2) is 23.5. The number of aliphatic hydroxyl groups is 2. The van der Waals surface area contributed by atoms with Gasteiger partial charge in [0.25, 0.3) is 0 Å². The average molecular weight is 543 g/mol. The van der Waals surface area contributed by atoms with Crippen molar-refractivity contribution in [3.63, 3.8) is 0 Å². The van der Waals surface area contributed by atoms with Crippen LogP contribution in [0, 0.1) is 11.8 Å². The summed E-state index contributed by atoms with van der Waals surface area (Å²) in [5.74, 6) is 1.63. The Morgan fingerprint density at radius 1 is 0.658 bits per heavy atom. The second-order valence-corrected chi connectivity index (χ2v) is 12.8. The van der Waals surface area contributed by atoms with E-state index in [1.54, 1.807) is 0 Å². The number of hydrogen-bond acceptors (Lipinski definition) is 6. The first-order valence-corrected chi connectivity index (χ1v) is 16.3. The number of unbranched alkanes of at least 4 members (excludes halogenated alkanes) is 8. The van der Waals surface area contributed by atoms with E-state index in [0.717, 1.165) is 63.9 Å². The third kappa shape index (κ3) is 20.6. The van der Waals surface area contributed by atoms with Crippen molar-refractivity contribution in [3.05, 3.63) is 0 Å². The van der Waals surface area contributed by atoms with Crippen molar-refractivity contribution in [1.82, 2.24) is 9.80 Å². The molecule has 0 aliphatic carbocycles. The zero-order chi connectivity index (χ0) is 28.0. The molecule has 3 unspecified atom stereocenters. The Morgan fingerprint density at radius 2 is 1.13 bits per heavy atom. The number of β-amino-alcohol motifs (C(OH)–C–C–N with tert-alkyl or cyclic N) is 2. The second-order valence-electron chi connectivity index (χ2n) is 12.8. The molecule has 1 aliphatic rings. The molecule has 0 saturated carbocycles. The highest BCUT2D eigenvalue weighted by Crippen LogP contribution is 2.13. The lowest BCUT2D eigenvalue weighted by Gasteiger charge is -2.31. The van der Waals surface area contributed by atoms with E-state index in [1.165, 1.54) is 64.2 Å². The van der Waals surface area contributed by atoms with Crippen molar-refractivity contribution in [2.24, 2.45) is 11.8 Å². The van der Waals surface area contributed by atoms with E-state index >= 15 is 0 Å². The Balaban J connectivity index is 2.08. The van der Waals surface area contributed by atoms with Crippen molar-refractivity contribution in [3.8, 4) is 0 Å². The monoisotopic (exact) mass is 543 g/mol. The Hall–Kier alpha value is -0.240. The minimum absolute atomic E-state index is 0.349. The van der Waals surface area contributed by atoms with Gasteiger partial charge in [-0.15, -0.1) is 0 Å². The molecule has 1 aliphatic heterocycles. The molecule has 1 rings (SSSR count). The molecule has 1 saturated heterocycles. The van der Waals surface area contributed by atoms with E-state index in [-0.39, 0.29) is 0 Å². The summed E-state index contributed by atoms with van der Waals surface area (Å²) in [5, 5.41) is 21.0. The standard InChI is InChI=1S/C32H66N2O4/c1-28(2)17-12-8-6-10-14-21-37-26-31(35)24-33-19-16-20-34(30(5)23-33)25-32(36)27-38-22-15-11-7-9-13-18-29(3)4/h28-32,35-36H,6-27H2,1-5H3. The number of nitrogens with zero attached hydrogens (tertiary/aromatic N) is 2.